The quantitative estimate of drug-likeness (QED) is 0.739. The second-order valence-corrected chi connectivity index (χ2v) is 6.32. The number of morpholine rings is 1. The third-order valence-electron chi connectivity index (χ3n) is 4.70. The van der Waals surface area contributed by atoms with E-state index in [2.05, 4.69) is 34.5 Å². The fraction of sp³-hybridized carbons (Fsp3) is 0.250. The molecule has 1 saturated heterocycles. The van der Waals surface area contributed by atoms with Gasteiger partial charge in [0.2, 0.25) is 0 Å². The van der Waals surface area contributed by atoms with Crippen LogP contribution < -0.4 is 10.2 Å². The first-order chi connectivity index (χ1) is 12.7. The SMILES string of the molecule is O=C(O)c1c(NCc2ccc(N3CCOCC3)cc2)ccc2cccn12. The Balaban J connectivity index is 1.49. The van der Waals surface area contributed by atoms with Gasteiger partial charge in [-0.2, -0.15) is 0 Å². The topological polar surface area (TPSA) is 66.2 Å². The number of aromatic nitrogens is 1. The molecule has 2 aromatic heterocycles. The van der Waals surface area contributed by atoms with E-state index in [4.69, 9.17) is 4.74 Å². The summed E-state index contributed by atoms with van der Waals surface area (Å²) in [6.07, 6.45) is 1.76. The lowest BCUT2D eigenvalue weighted by Gasteiger charge is -2.28. The standard InChI is InChI=1S/C20H21N3O3/c24-20(25)19-18(8-7-17-2-1-9-23(17)19)21-14-15-3-5-16(6-4-15)22-10-12-26-13-11-22/h1-9,21H,10-14H2,(H,24,25). The van der Waals surface area contributed by atoms with Crippen molar-refractivity contribution in [2.24, 2.45) is 0 Å². The molecule has 26 heavy (non-hydrogen) atoms. The van der Waals surface area contributed by atoms with E-state index < -0.39 is 5.97 Å². The Labute approximate surface area is 151 Å². The fourth-order valence-electron chi connectivity index (χ4n) is 3.32. The lowest BCUT2D eigenvalue weighted by molar-refractivity contribution is 0.0690. The molecular weight excluding hydrogens is 330 g/mol. The van der Waals surface area contributed by atoms with Crippen LogP contribution in [-0.2, 0) is 11.3 Å². The van der Waals surface area contributed by atoms with E-state index in [1.165, 1.54) is 5.69 Å². The maximum absolute atomic E-state index is 11.7. The summed E-state index contributed by atoms with van der Waals surface area (Å²) in [5.41, 5.74) is 4.02. The van der Waals surface area contributed by atoms with Crippen molar-refractivity contribution in [1.82, 2.24) is 4.40 Å². The second-order valence-electron chi connectivity index (χ2n) is 6.32. The largest absolute Gasteiger partial charge is 0.476 e. The summed E-state index contributed by atoms with van der Waals surface area (Å²) in [5, 5.41) is 12.8. The van der Waals surface area contributed by atoms with Gasteiger partial charge in [0.1, 0.15) is 0 Å². The van der Waals surface area contributed by atoms with Crippen molar-refractivity contribution in [2.75, 3.05) is 36.5 Å². The molecule has 0 bridgehead atoms. The average Bonchev–Trinajstić information content (AvgIpc) is 3.15. The maximum Gasteiger partial charge on any atom is 0.355 e. The molecule has 1 aromatic carbocycles. The summed E-state index contributed by atoms with van der Waals surface area (Å²) in [7, 11) is 0. The summed E-state index contributed by atoms with van der Waals surface area (Å²) in [5.74, 6) is -0.947. The zero-order valence-electron chi connectivity index (χ0n) is 14.4. The summed E-state index contributed by atoms with van der Waals surface area (Å²) in [6, 6.07) is 15.8. The van der Waals surface area contributed by atoms with Crippen LogP contribution in [0.4, 0.5) is 11.4 Å². The van der Waals surface area contributed by atoms with Gasteiger partial charge in [0.15, 0.2) is 5.69 Å². The van der Waals surface area contributed by atoms with Gasteiger partial charge < -0.3 is 24.5 Å². The molecule has 1 aliphatic rings. The van der Waals surface area contributed by atoms with E-state index >= 15 is 0 Å². The highest BCUT2D eigenvalue weighted by atomic mass is 16.5. The number of carboxylic acid groups (broad SMARTS) is 1. The predicted molar refractivity (Wildman–Crippen MR) is 101 cm³/mol. The Kier molecular flexibility index (Phi) is 4.50. The molecule has 134 valence electrons. The van der Waals surface area contributed by atoms with Crippen LogP contribution >= 0.6 is 0 Å². The van der Waals surface area contributed by atoms with Crippen molar-refractivity contribution < 1.29 is 14.6 Å². The number of benzene rings is 1. The van der Waals surface area contributed by atoms with E-state index in [-0.39, 0.29) is 5.69 Å². The zero-order valence-corrected chi connectivity index (χ0v) is 14.4. The third-order valence-corrected chi connectivity index (χ3v) is 4.70. The van der Waals surface area contributed by atoms with E-state index in [9.17, 15) is 9.90 Å². The van der Waals surface area contributed by atoms with Crippen LogP contribution in [0.3, 0.4) is 0 Å². The minimum absolute atomic E-state index is 0.248. The normalized spacial score (nSPS) is 14.5. The summed E-state index contributed by atoms with van der Waals surface area (Å²) >= 11 is 0. The number of fused-ring (bicyclic) bond motifs is 1. The van der Waals surface area contributed by atoms with Gasteiger partial charge in [-0.3, -0.25) is 0 Å². The molecule has 4 rings (SSSR count). The van der Waals surface area contributed by atoms with Crippen molar-refractivity contribution in [3.8, 4) is 0 Å². The number of hydrogen-bond acceptors (Lipinski definition) is 4. The molecule has 1 aliphatic heterocycles. The Hall–Kier alpha value is -2.99. The van der Waals surface area contributed by atoms with Gasteiger partial charge in [-0.05, 0) is 42.0 Å². The molecule has 0 aliphatic carbocycles. The number of rotatable bonds is 5. The molecule has 0 radical (unpaired) electrons. The van der Waals surface area contributed by atoms with E-state index in [0.717, 1.165) is 37.4 Å². The van der Waals surface area contributed by atoms with Gasteiger partial charge in [0, 0.05) is 37.0 Å². The second kappa shape index (κ2) is 7.09. The van der Waals surface area contributed by atoms with Gasteiger partial charge in [-0.25, -0.2) is 4.79 Å². The van der Waals surface area contributed by atoms with Crippen LogP contribution in [0, 0.1) is 0 Å². The van der Waals surface area contributed by atoms with Crippen LogP contribution in [0.1, 0.15) is 16.1 Å². The van der Waals surface area contributed by atoms with Crippen molar-refractivity contribution in [3.63, 3.8) is 0 Å². The number of ether oxygens (including phenoxy) is 1. The van der Waals surface area contributed by atoms with Crippen LogP contribution in [0.25, 0.3) is 5.52 Å². The van der Waals surface area contributed by atoms with Gasteiger partial charge in [0.05, 0.1) is 18.9 Å². The number of pyridine rings is 1. The minimum atomic E-state index is -0.947. The molecular formula is C20H21N3O3. The third kappa shape index (κ3) is 3.23. The van der Waals surface area contributed by atoms with Crippen LogP contribution in [-0.4, -0.2) is 41.8 Å². The highest BCUT2D eigenvalue weighted by Crippen LogP contribution is 2.21. The van der Waals surface area contributed by atoms with Gasteiger partial charge in [0.25, 0.3) is 0 Å². The average molecular weight is 351 g/mol. The lowest BCUT2D eigenvalue weighted by Crippen LogP contribution is -2.36. The number of carboxylic acids is 1. The van der Waals surface area contributed by atoms with Gasteiger partial charge in [-0.1, -0.05) is 12.1 Å². The molecule has 0 amide bonds. The van der Waals surface area contributed by atoms with Crippen molar-refractivity contribution in [1.29, 1.82) is 0 Å². The summed E-state index contributed by atoms with van der Waals surface area (Å²) in [4.78, 5) is 14.0. The highest BCUT2D eigenvalue weighted by molar-refractivity contribution is 5.93. The van der Waals surface area contributed by atoms with Crippen molar-refractivity contribution in [3.05, 3.63) is 66.0 Å². The molecule has 6 nitrogen and oxygen atoms in total. The minimum Gasteiger partial charge on any atom is -0.476 e. The van der Waals surface area contributed by atoms with Crippen LogP contribution in [0.2, 0.25) is 0 Å². The van der Waals surface area contributed by atoms with Gasteiger partial charge >= 0.3 is 5.97 Å². The summed E-state index contributed by atoms with van der Waals surface area (Å²) < 4.78 is 7.07. The Morgan fingerprint density at radius 2 is 1.85 bits per heavy atom. The molecule has 2 N–H and O–H groups in total. The maximum atomic E-state index is 11.7. The predicted octanol–water partition coefficient (Wildman–Crippen LogP) is 3.09. The Bertz CT molecular complexity index is 912. The van der Waals surface area contributed by atoms with Gasteiger partial charge in [-0.15, -0.1) is 0 Å². The van der Waals surface area contributed by atoms with E-state index in [1.807, 2.05) is 24.3 Å². The Morgan fingerprint density at radius 3 is 2.58 bits per heavy atom. The number of hydrogen-bond donors (Lipinski definition) is 2. The van der Waals surface area contributed by atoms with E-state index in [1.54, 1.807) is 10.6 Å². The highest BCUT2D eigenvalue weighted by Gasteiger charge is 2.14. The zero-order chi connectivity index (χ0) is 17.9. The van der Waals surface area contributed by atoms with Crippen LogP contribution in [0.15, 0.2) is 54.7 Å². The van der Waals surface area contributed by atoms with Crippen molar-refractivity contribution >= 4 is 22.9 Å². The molecule has 6 heteroatoms. The first kappa shape index (κ1) is 16.5. The summed E-state index contributed by atoms with van der Waals surface area (Å²) in [6.45, 7) is 3.93. The van der Waals surface area contributed by atoms with Crippen molar-refractivity contribution in [2.45, 2.75) is 6.54 Å². The monoisotopic (exact) mass is 351 g/mol. The molecule has 0 saturated carbocycles. The molecule has 3 aromatic rings. The molecule has 0 spiro atoms. The first-order valence-electron chi connectivity index (χ1n) is 8.71. The molecule has 3 heterocycles. The van der Waals surface area contributed by atoms with Crippen LogP contribution in [0.5, 0.6) is 0 Å². The first-order valence-corrected chi connectivity index (χ1v) is 8.71. The lowest BCUT2D eigenvalue weighted by atomic mass is 10.1. The number of nitrogens with one attached hydrogen (secondary N) is 1. The van der Waals surface area contributed by atoms with E-state index in [0.29, 0.717) is 12.2 Å². The number of anilines is 2. The smallest absolute Gasteiger partial charge is 0.355 e. The number of carbonyl (C=O) groups is 1. The number of aromatic carboxylic acids is 1. The molecule has 0 atom stereocenters. The molecule has 1 fully saturated rings. The number of nitrogens with zero attached hydrogens (tertiary/aromatic N) is 2. The molecule has 0 unspecified atom stereocenters. The fourth-order valence-corrected chi connectivity index (χ4v) is 3.32. The Morgan fingerprint density at radius 1 is 1.08 bits per heavy atom.